The molecule has 0 amide bonds. The largest absolute Gasteiger partial charge is 0.492 e. The van der Waals surface area contributed by atoms with Crippen molar-refractivity contribution < 1.29 is 4.74 Å². The summed E-state index contributed by atoms with van der Waals surface area (Å²) in [4.78, 5) is 4.81. The van der Waals surface area contributed by atoms with E-state index in [4.69, 9.17) is 10.00 Å². The third-order valence-corrected chi connectivity index (χ3v) is 3.68. The zero-order valence-corrected chi connectivity index (χ0v) is 11.7. The SMILES string of the molecule is CC1CN(CCOc2cccc(C#N)c2)CCN1C. The monoisotopic (exact) mass is 259 g/mol. The summed E-state index contributed by atoms with van der Waals surface area (Å²) in [5, 5.41) is 8.83. The second-order valence-electron chi connectivity index (χ2n) is 5.12. The molecular weight excluding hydrogens is 238 g/mol. The van der Waals surface area contributed by atoms with Crippen molar-refractivity contribution in [2.75, 3.05) is 39.8 Å². The standard InChI is InChI=1S/C15H21N3O/c1-13-12-18(7-6-17(13)2)8-9-19-15-5-3-4-14(10-15)11-16/h3-5,10,13H,6-9,12H2,1-2H3. The third-order valence-electron chi connectivity index (χ3n) is 3.68. The first-order chi connectivity index (χ1) is 9.19. The van der Waals surface area contributed by atoms with E-state index in [1.165, 1.54) is 0 Å². The molecule has 0 N–H and O–H groups in total. The quantitative estimate of drug-likeness (QED) is 0.823. The maximum Gasteiger partial charge on any atom is 0.120 e. The molecule has 0 spiro atoms. The van der Waals surface area contributed by atoms with E-state index >= 15 is 0 Å². The summed E-state index contributed by atoms with van der Waals surface area (Å²) in [7, 11) is 2.17. The number of hydrogen-bond donors (Lipinski definition) is 0. The molecule has 1 aliphatic heterocycles. The van der Waals surface area contributed by atoms with Crippen LogP contribution in [0.2, 0.25) is 0 Å². The molecule has 2 rings (SSSR count). The summed E-state index contributed by atoms with van der Waals surface area (Å²) >= 11 is 0. The van der Waals surface area contributed by atoms with Crippen molar-refractivity contribution in [2.24, 2.45) is 0 Å². The molecule has 19 heavy (non-hydrogen) atoms. The minimum absolute atomic E-state index is 0.607. The van der Waals surface area contributed by atoms with Gasteiger partial charge in [-0.2, -0.15) is 5.26 Å². The number of nitrogens with zero attached hydrogens (tertiary/aromatic N) is 3. The van der Waals surface area contributed by atoms with E-state index in [2.05, 4.69) is 29.8 Å². The van der Waals surface area contributed by atoms with Crippen LogP contribution in [-0.4, -0.2) is 55.7 Å². The first-order valence-corrected chi connectivity index (χ1v) is 6.74. The Balaban J connectivity index is 1.76. The van der Waals surface area contributed by atoms with Crippen LogP contribution in [0.4, 0.5) is 0 Å². The summed E-state index contributed by atoms with van der Waals surface area (Å²) < 4.78 is 5.71. The van der Waals surface area contributed by atoms with Crippen LogP contribution in [0.1, 0.15) is 12.5 Å². The van der Waals surface area contributed by atoms with E-state index < -0.39 is 0 Å². The van der Waals surface area contributed by atoms with Crippen molar-refractivity contribution in [3.63, 3.8) is 0 Å². The fraction of sp³-hybridized carbons (Fsp3) is 0.533. The minimum atomic E-state index is 0.607. The van der Waals surface area contributed by atoms with Crippen LogP contribution < -0.4 is 4.74 Å². The highest BCUT2D eigenvalue weighted by Gasteiger charge is 2.19. The lowest BCUT2D eigenvalue weighted by Crippen LogP contribution is -2.50. The Labute approximate surface area is 115 Å². The summed E-state index contributed by atoms with van der Waals surface area (Å²) in [5.74, 6) is 0.779. The Kier molecular flexibility index (Phi) is 4.78. The Morgan fingerprint density at radius 2 is 2.26 bits per heavy atom. The molecule has 1 heterocycles. The van der Waals surface area contributed by atoms with Crippen LogP contribution in [-0.2, 0) is 0 Å². The van der Waals surface area contributed by atoms with Crippen LogP contribution >= 0.6 is 0 Å². The zero-order valence-electron chi connectivity index (χ0n) is 11.7. The van der Waals surface area contributed by atoms with Gasteiger partial charge in [-0.1, -0.05) is 6.07 Å². The highest BCUT2D eigenvalue weighted by Crippen LogP contribution is 2.13. The molecule has 0 radical (unpaired) electrons. The molecule has 4 nitrogen and oxygen atoms in total. The van der Waals surface area contributed by atoms with Crippen LogP contribution in [0.3, 0.4) is 0 Å². The first kappa shape index (κ1) is 13.9. The molecule has 1 fully saturated rings. The van der Waals surface area contributed by atoms with Gasteiger partial charge in [0, 0.05) is 32.2 Å². The number of benzene rings is 1. The molecule has 0 aromatic heterocycles. The number of hydrogen-bond acceptors (Lipinski definition) is 4. The van der Waals surface area contributed by atoms with Crippen molar-refractivity contribution in [2.45, 2.75) is 13.0 Å². The molecule has 0 aliphatic carbocycles. The molecule has 102 valence electrons. The smallest absolute Gasteiger partial charge is 0.120 e. The fourth-order valence-corrected chi connectivity index (χ4v) is 2.27. The van der Waals surface area contributed by atoms with Gasteiger partial charge < -0.3 is 9.64 Å². The molecule has 1 aliphatic rings. The lowest BCUT2D eigenvalue weighted by atomic mass is 10.2. The van der Waals surface area contributed by atoms with Gasteiger partial charge in [0.1, 0.15) is 12.4 Å². The van der Waals surface area contributed by atoms with Crippen molar-refractivity contribution in [3.8, 4) is 11.8 Å². The molecule has 1 aromatic rings. The maximum atomic E-state index is 8.83. The van der Waals surface area contributed by atoms with Gasteiger partial charge in [-0.25, -0.2) is 0 Å². The molecule has 1 atom stereocenters. The van der Waals surface area contributed by atoms with Gasteiger partial charge in [0.25, 0.3) is 0 Å². The van der Waals surface area contributed by atoms with Gasteiger partial charge in [-0.3, -0.25) is 4.90 Å². The Bertz CT molecular complexity index is 455. The van der Waals surface area contributed by atoms with E-state index in [0.29, 0.717) is 18.2 Å². The topological polar surface area (TPSA) is 39.5 Å². The summed E-state index contributed by atoms with van der Waals surface area (Å²) in [5.41, 5.74) is 0.644. The Morgan fingerprint density at radius 3 is 3.00 bits per heavy atom. The van der Waals surface area contributed by atoms with Gasteiger partial charge >= 0.3 is 0 Å². The fourth-order valence-electron chi connectivity index (χ4n) is 2.27. The average Bonchev–Trinajstić information content (AvgIpc) is 2.43. The van der Waals surface area contributed by atoms with Crippen LogP contribution in [0, 0.1) is 11.3 Å². The second kappa shape index (κ2) is 6.55. The molecule has 1 unspecified atom stereocenters. The molecular formula is C15H21N3O. The van der Waals surface area contributed by atoms with Gasteiger partial charge in [0.15, 0.2) is 0 Å². The van der Waals surface area contributed by atoms with Crippen molar-refractivity contribution in [1.29, 1.82) is 5.26 Å². The zero-order chi connectivity index (χ0) is 13.7. The van der Waals surface area contributed by atoms with E-state index in [1.54, 1.807) is 12.1 Å². The number of likely N-dealkylation sites (N-methyl/N-ethyl adjacent to an activating group) is 1. The Morgan fingerprint density at radius 1 is 1.42 bits per heavy atom. The van der Waals surface area contributed by atoms with E-state index in [9.17, 15) is 0 Å². The number of rotatable bonds is 4. The van der Waals surface area contributed by atoms with E-state index in [0.717, 1.165) is 31.9 Å². The lowest BCUT2D eigenvalue weighted by molar-refractivity contribution is 0.0928. The summed E-state index contributed by atoms with van der Waals surface area (Å²) in [6.07, 6.45) is 0. The average molecular weight is 259 g/mol. The highest BCUT2D eigenvalue weighted by molar-refractivity contribution is 5.36. The highest BCUT2D eigenvalue weighted by atomic mass is 16.5. The number of ether oxygens (including phenoxy) is 1. The van der Waals surface area contributed by atoms with Gasteiger partial charge in [-0.05, 0) is 32.2 Å². The minimum Gasteiger partial charge on any atom is -0.492 e. The molecule has 4 heteroatoms. The molecule has 0 bridgehead atoms. The predicted molar refractivity (Wildman–Crippen MR) is 75.2 cm³/mol. The third kappa shape index (κ3) is 3.95. The summed E-state index contributed by atoms with van der Waals surface area (Å²) in [6, 6.07) is 10.0. The number of nitriles is 1. The van der Waals surface area contributed by atoms with Crippen molar-refractivity contribution in [3.05, 3.63) is 29.8 Å². The second-order valence-corrected chi connectivity index (χ2v) is 5.12. The number of piperazine rings is 1. The van der Waals surface area contributed by atoms with Crippen LogP contribution in [0.15, 0.2) is 24.3 Å². The molecule has 1 saturated heterocycles. The first-order valence-electron chi connectivity index (χ1n) is 6.74. The van der Waals surface area contributed by atoms with Crippen molar-refractivity contribution in [1.82, 2.24) is 9.80 Å². The van der Waals surface area contributed by atoms with Gasteiger partial charge in [0.2, 0.25) is 0 Å². The van der Waals surface area contributed by atoms with Crippen molar-refractivity contribution >= 4 is 0 Å². The normalized spacial score (nSPS) is 21.0. The lowest BCUT2D eigenvalue weighted by Gasteiger charge is -2.37. The van der Waals surface area contributed by atoms with E-state index in [1.807, 2.05) is 12.1 Å². The Hall–Kier alpha value is -1.57. The predicted octanol–water partition coefficient (Wildman–Crippen LogP) is 1.57. The van der Waals surface area contributed by atoms with Gasteiger partial charge in [-0.15, -0.1) is 0 Å². The van der Waals surface area contributed by atoms with Gasteiger partial charge in [0.05, 0.1) is 11.6 Å². The van der Waals surface area contributed by atoms with Crippen LogP contribution in [0.5, 0.6) is 5.75 Å². The summed E-state index contributed by atoms with van der Waals surface area (Å²) in [6.45, 7) is 7.18. The molecule has 0 saturated carbocycles. The van der Waals surface area contributed by atoms with Crippen LogP contribution in [0.25, 0.3) is 0 Å². The maximum absolute atomic E-state index is 8.83. The van der Waals surface area contributed by atoms with E-state index in [-0.39, 0.29) is 0 Å². The molecule has 1 aromatic carbocycles.